The van der Waals surface area contributed by atoms with E-state index in [-0.39, 0.29) is 27.9 Å². The predicted molar refractivity (Wildman–Crippen MR) is 109 cm³/mol. The Hall–Kier alpha value is -2.22. The second-order valence-electron chi connectivity index (χ2n) is 8.74. The van der Waals surface area contributed by atoms with Crippen LogP contribution in [0.5, 0.6) is 5.75 Å². The number of rotatable bonds is 5. The summed E-state index contributed by atoms with van der Waals surface area (Å²) in [4.78, 5) is 23.3. The van der Waals surface area contributed by atoms with Crippen molar-refractivity contribution in [3.8, 4) is 5.75 Å². The van der Waals surface area contributed by atoms with Gasteiger partial charge in [0.1, 0.15) is 0 Å². The van der Waals surface area contributed by atoms with Crippen molar-refractivity contribution in [1.29, 1.82) is 0 Å². The second kappa shape index (κ2) is 7.31. The Morgan fingerprint density at radius 1 is 1.25 bits per heavy atom. The molecule has 0 atom stereocenters. The lowest BCUT2D eigenvalue weighted by Crippen LogP contribution is -2.48. The van der Waals surface area contributed by atoms with Gasteiger partial charge < -0.3 is 15.4 Å². The van der Waals surface area contributed by atoms with Crippen molar-refractivity contribution in [1.82, 2.24) is 5.32 Å². The van der Waals surface area contributed by atoms with Crippen LogP contribution in [-0.2, 0) is 4.79 Å². The molecule has 0 spiro atoms. The Labute approximate surface area is 169 Å². The standard InChI is InChI=1S/C20H25N3O4S/c1-27-17-3-2-15(7-16(17)23(25)26)21-19(28)22-18(24)11-20-8-12-4-13(9-20)6-14(5-12)10-20/h2-3,7,12-14H,4-6,8-11H2,1H3,(H2,21,22,24,28). The average molecular weight is 404 g/mol. The number of carbonyl (C=O) groups is 1. The number of nitrogens with one attached hydrogen (secondary N) is 2. The fourth-order valence-corrected chi connectivity index (χ4v) is 6.32. The van der Waals surface area contributed by atoms with Crippen molar-refractivity contribution < 1.29 is 14.5 Å². The molecule has 4 aliphatic carbocycles. The van der Waals surface area contributed by atoms with Gasteiger partial charge in [0.2, 0.25) is 5.91 Å². The number of hydrogen-bond donors (Lipinski definition) is 2. The molecule has 8 heteroatoms. The minimum atomic E-state index is -0.515. The smallest absolute Gasteiger partial charge is 0.312 e. The normalized spacial score (nSPS) is 30.0. The molecule has 0 radical (unpaired) electrons. The minimum Gasteiger partial charge on any atom is -0.490 e. The van der Waals surface area contributed by atoms with Gasteiger partial charge in [-0.3, -0.25) is 14.9 Å². The van der Waals surface area contributed by atoms with Crippen LogP contribution >= 0.6 is 12.2 Å². The van der Waals surface area contributed by atoms with E-state index in [9.17, 15) is 14.9 Å². The average Bonchev–Trinajstić information content (AvgIpc) is 2.59. The number of anilines is 1. The van der Waals surface area contributed by atoms with Crippen molar-refractivity contribution in [3.05, 3.63) is 28.3 Å². The highest BCUT2D eigenvalue weighted by atomic mass is 32.1. The molecule has 2 N–H and O–H groups in total. The summed E-state index contributed by atoms with van der Waals surface area (Å²) in [5.41, 5.74) is 0.427. The highest BCUT2D eigenvalue weighted by Crippen LogP contribution is 2.61. The molecule has 7 nitrogen and oxygen atoms in total. The third-order valence-corrected chi connectivity index (χ3v) is 6.79. The van der Waals surface area contributed by atoms with Gasteiger partial charge in [0.25, 0.3) is 0 Å². The van der Waals surface area contributed by atoms with Crippen LogP contribution in [0.3, 0.4) is 0 Å². The highest BCUT2D eigenvalue weighted by Gasteiger charge is 2.51. The van der Waals surface area contributed by atoms with E-state index >= 15 is 0 Å². The number of thiocarbonyl (C=S) groups is 1. The van der Waals surface area contributed by atoms with Crippen molar-refractivity contribution in [3.63, 3.8) is 0 Å². The van der Waals surface area contributed by atoms with E-state index in [4.69, 9.17) is 17.0 Å². The molecule has 1 aromatic carbocycles. The van der Waals surface area contributed by atoms with Gasteiger partial charge in [0.15, 0.2) is 10.9 Å². The fraction of sp³-hybridized carbons (Fsp3) is 0.600. The Balaban J connectivity index is 1.36. The second-order valence-corrected chi connectivity index (χ2v) is 9.15. The molecule has 1 aromatic rings. The number of nitro groups is 1. The van der Waals surface area contributed by atoms with Gasteiger partial charge in [-0.25, -0.2) is 0 Å². The molecule has 4 saturated carbocycles. The number of methoxy groups -OCH3 is 1. The van der Waals surface area contributed by atoms with Crippen molar-refractivity contribution in [2.24, 2.45) is 23.2 Å². The van der Waals surface area contributed by atoms with Crippen molar-refractivity contribution in [2.45, 2.75) is 44.9 Å². The van der Waals surface area contributed by atoms with E-state index in [1.54, 1.807) is 6.07 Å². The first kappa shape index (κ1) is 19.1. The van der Waals surface area contributed by atoms with E-state index < -0.39 is 4.92 Å². The molecule has 0 aromatic heterocycles. The lowest BCUT2D eigenvalue weighted by Gasteiger charge is -2.56. The molecule has 4 bridgehead atoms. The van der Waals surface area contributed by atoms with Gasteiger partial charge in [-0.15, -0.1) is 0 Å². The molecule has 1 amide bonds. The maximum absolute atomic E-state index is 12.6. The number of nitrogens with zero attached hydrogens (tertiary/aromatic N) is 1. The maximum Gasteiger partial charge on any atom is 0.312 e. The number of nitro benzene ring substituents is 1. The van der Waals surface area contributed by atoms with Gasteiger partial charge in [0, 0.05) is 18.2 Å². The molecular weight excluding hydrogens is 378 g/mol. The Kier molecular flexibility index (Phi) is 4.99. The van der Waals surface area contributed by atoms with Gasteiger partial charge in [-0.05, 0) is 86.0 Å². The molecule has 4 fully saturated rings. The fourth-order valence-electron chi connectivity index (χ4n) is 6.09. The zero-order chi connectivity index (χ0) is 19.9. The first-order valence-electron chi connectivity index (χ1n) is 9.79. The summed E-state index contributed by atoms with van der Waals surface area (Å²) in [7, 11) is 1.38. The molecule has 0 unspecified atom stereocenters. The van der Waals surface area contributed by atoms with E-state index in [1.807, 2.05) is 0 Å². The van der Waals surface area contributed by atoms with Gasteiger partial charge in [-0.2, -0.15) is 0 Å². The van der Waals surface area contributed by atoms with Gasteiger partial charge in [0.05, 0.1) is 12.0 Å². The number of benzene rings is 1. The Morgan fingerprint density at radius 3 is 2.39 bits per heavy atom. The van der Waals surface area contributed by atoms with Gasteiger partial charge >= 0.3 is 5.69 Å². The number of carbonyl (C=O) groups excluding carboxylic acids is 1. The quantitative estimate of drug-likeness (QED) is 0.438. The first-order chi connectivity index (χ1) is 13.4. The van der Waals surface area contributed by atoms with Crippen molar-refractivity contribution >= 4 is 34.6 Å². The topological polar surface area (TPSA) is 93.5 Å². The van der Waals surface area contributed by atoms with E-state index in [2.05, 4.69) is 10.6 Å². The molecule has 5 rings (SSSR count). The number of hydrogen-bond acceptors (Lipinski definition) is 5. The van der Waals surface area contributed by atoms with E-state index in [1.165, 1.54) is 38.5 Å². The zero-order valence-corrected chi connectivity index (χ0v) is 16.7. The van der Waals surface area contributed by atoms with Crippen LogP contribution in [0.15, 0.2) is 18.2 Å². The summed E-state index contributed by atoms with van der Waals surface area (Å²) in [6.45, 7) is 0. The largest absolute Gasteiger partial charge is 0.490 e. The summed E-state index contributed by atoms with van der Waals surface area (Å²) < 4.78 is 4.99. The maximum atomic E-state index is 12.6. The predicted octanol–water partition coefficient (Wildman–Crippen LogP) is 4.02. The molecule has 150 valence electrons. The third-order valence-electron chi connectivity index (χ3n) is 6.59. The van der Waals surface area contributed by atoms with E-state index in [0.29, 0.717) is 12.1 Å². The Morgan fingerprint density at radius 2 is 1.86 bits per heavy atom. The van der Waals surface area contributed by atoms with Crippen LogP contribution in [0.1, 0.15) is 44.9 Å². The van der Waals surface area contributed by atoms with Crippen LogP contribution in [0.4, 0.5) is 11.4 Å². The zero-order valence-electron chi connectivity index (χ0n) is 15.9. The van der Waals surface area contributed by atoms with Crippen LogP contribution < -0.4 is 15.4 Å². The van der Waals surface area contributed by atoms with Crippen LogP contribution in [0.2, 0.25) is 0 Å². The molecule has 0 aliphatic heterocycles. The first-order valence-corrected chi connectivity index (χ1v) is 10.2. The number of ether oxygens (including phenoxy) is 1. The molecule has 0 saturated heterocycles. The molecule has 28 heavy (non-hydrogen) atoms. The van der Waals surface area contributed by atoms with E-state index in [0.717, 1.165) is 37.0 Å². The van der Waals surface area contributed by atoms with Crippen LogP contribution in [0, 0.1) is 33.3 Å². The summed E-state index contributed by atoms with van der Waals surface area (Å²) in [6, 6.07) is 4.47. The monoisotopic (exact) mass is 403 g/mol. The number of amides is 1. The summed E-state index contributed by atoms with van der Waals surface area (Å²) in [6.07, 6.45) is 8.04. The Bertz CT molecular complexity index is 790. The summed E-state index contributed by atoms with van der Waals surface area (Å²) in [5, 5.41) is 16.9. The van der Waals surface area contributed by atoms with Gasteiger partial charge in [-0.1, -0.05) is 0 Å². The van der Waals surface area contributed by atoms with Crippen LogP contribution in [0.25, 0.3) is 0 Å². The van der Waals surface area contributed by atoms with Crippen molar-refractivity contribution in [2.75, 3.05) is 12.4 Å². The third kappa shape index (κ3) is 3.83. The lowest BCUT2D eigenvalue weighted by atomic mass is 9.49. The molecular formula is C20H25N3O4S. The highest BCUT2D eigenvalue weighted by molar-refractivity contribution is 7.80. The van der Waals surface area contributed by atoms with Crippen LogP contribution in [-0.4, -0.2) is 23.1 Å². The minimum absolute atomic E-state index is 0.0672. The summed E-state index contributed by atoms with van der Waals surface area (Å²) in [5.74, 6) is 2.49. The SMILES string of the molecule is COc1ccc(NC(=S)NC(=O)CC23CC4CC(CC(C4)C2)C3)cc1[N+](=O)[O-]. The lowest BCUT2D eigenvalue weighted by molar-refractivity contribution is -0.385. The summed E-state index contributed by atoms with van der Waals surface area (Å²) >= 11 is 5.25. The molecule has 4 aliphatic rings. The molecule has 0 heterocycles.